The second kappa shape index (κ2) is 9.77. The molecule has 134 valence electrons. The molecule has 0 radical (unpaired) electrons. The molecule has 0 bridgehead atoms. The van der Waals surface area contributed by atoms with E-state index in [2.05, 4.69) is 49.4 Å². The van der Waals surface area contributed by atoms with Crippen molar-refractivity contribution in [3.8, 4) is 5.75 Å². The molecule has 1 aliphatic rings. The molecule has 7 heteroatoms. The minimum absolute atomic E-state index is 0.0646. The topological polar surface area (TPSA) is 67.4 Å². The highest BCUT2D eigenvalue weighted by atomic mass is 79.9. The van der Waals surface area contributed by atoms with Crippen molar-refractivity contribution in [1.29, 1.82) is 0 Å². The van der Waals surface area contributed by atoms with E-state index in [1.54, 1.807) is 12.1 Å². The molecule has 0 spiro atoms. The van der Waals surface area contributed by atoms with E-state index in [1.807, 2.05) is 24.3 Å². The number of hydrogen-bond acceptors (Lipinski definition) is 3. The van der Waals surface area contributed by atoms with Crippen molar-refractivity contribution in [2.24, 2.45) is 5.92 Å². The Hall–Kier alpha value is -1.60. The lowest BCUT2D eigenvalue weighted by Gasteiger charge is -2.18. The third-order valence-electron chi connectivity index (χ3n) is 3.66. The SMILES string of the molecule is CC1CC(CNC(=O)CNC(=O)COc2ccc(Br)cc2)=CC=C1Br. The van der Waals surface area contributed by atoms with E-state index in [0.717, 1.165) is 16.5 Å². The minimum atomic E-state index is -0.338. The first-order valence-corrected chi connectivity index (χ1v) is 9.49. The summed E-state index contributed by atoms with van der Waals surface area (Å²) in [4.78, 5) is 23.5. The molecule has 1 aromatic carbocycles. The predicted molar refractivity (Wildman–Crippen MR) is 105 cm³/mol. The van der Waals surface area contributed by atoms with Crippen molar-refractivity contribution < 1.29 is 14.3 Å². The van der Waals surface area contributed by atoms with Crippen molar-refractivity contribution in [3.05, 3.63) is 50.9 Å². The summed E-state index contributed by atoms with van der Waals surface area (Å²) in [5.41, 5.74) is 1.16. The van der Waals surface area contributed by atoms with E-state index in [1.165, 1.54) is 4.48 Å². The number of hydrogen-bond donors (Lipinski definition) is 2. The number of nitrogens with one attached hydrogen (secondary N) is 2. The number of allylic oxidation sites excluding steroid dienone is 3. The summed E-state index contributed by atoms with van der Waals surface area (Å²) in [5.74, 6) is 0.460. The third-order valence-corrected chi connectivity index (χ3v) is 5.23. The smallest absolute Gasteiger partial charge is 0.258 e. The van der Waals surface area contributed by atoms with Gasteiger partial charge in [-0.1, -0.05) is 56.5 Å². The molecule has 0 saturated carbocycles. The van der Waals surface area contributed by atoms with Gasteiger partial charge in [0.2, 0.25) is 5.91 Å². The summed E-state index contributed by atoms with van der Waals surface area (Å²) in [6.45, 7) is 2.42. The maximum absolute atomic E-state index is 11.8. The molecule has 25 heavy (non-hydrogen) atoms. The Balaban J connectivity index is 1.64. The van der Waals surface area contributed by atoms with Crippen LogP contribution in [0.3, 0.4) is 0 Å². The Morgan fingerprint density at radius 3 is 2.52 bits per heavy atom. The maximum atomic E-state index is 11.8. The van der Waals surface area contributed by atoms with Gasteiger partial charge in [0, 0.05) is 11.0 Å². The summed E-state index contributed by atoms with van der Waals surface area (Å²) < 4.78 is 7.45. The highest BCUT2D eigenvalue weighted by Gasteiger charge is 2.13. The largest absolute Gasteiger partial charge is 0.484 e. The summed E-state index contributed by atoms with van der Waals surface area (Å²) in [6.07, 6.45) is 4.93. The normalized spacial score (nSPS) is 16.5. The van der Waals surface area contributed by atoms with E-state index in [9.17, 15) is 9.59 Å². The maximum Gasteiger partial charge on any atom is 0.258 e. The van der Waals surface area contributed by atoms with Crippen LogP contribution in [-0.4, -0.2) is 31.5 Å². The number of halogens is 2. The molecular formula is C18H20Br2N2O3. The van der Waals surface area contributed by atoms with Gasteiger partial charge >= 0.3 is 0 Å². The van der Waals surface area contributed by atoms with Crippen LogP contribution < -0.4 is 15.4 Å². The highest BCUT2D eigenvalue weighted by molar-refractivity contribution is 9.11. The van der Waals surface area contributed by atoms with E-state index in [4.69, 9.17) is 4.74 Å². The molecule has 2 rings (SSSR count). The summed E-state index contributed by atoms with van der Waals surface area (Å²) in [7, 11) is 0. The summed E-state index contributed by atoms with van der Waals surface area (Å²) in [6, 6.07) is 7.18. The van der Waals surface area contributed by atoms with Gasteiger partial charge in [0.15, 0.2) is 6.61 Å². The first-order chi connectivity index (χ1) is 11.9. The Morgan fingerprint density at radius 1 is 1.12 bits per heavy atom. The molecule has 0 heterocycles. The number of rotatable bonds is 7. The Labute approximate surface area is 164 Å². The van der Waals surface area contributed by atoms with Gasteiger partial charge in [-0.3, -0.25) is 9.59 Å². The fraction of sp³-hybridized carbons (Fsp3) is 0.333. The van der Waals surface area contributed by atoms with Gasteiger partial charge in [-0.25, -0.2) is 0 Å². The fourth-order valence-electron chi connectivity index (χ4n) is 2.24. The average molecular weight is 472 g/mol. The zero-order valence-electron chi connectivity index (χ0n) is 13.9. The molecule has 1 aliphatic carbocycles. The molecule has 2 N–H and O–H groups in total. The van der Waals surface area contributed by atoms with Crippen LogP contribution in [0.4, 0.5) is 0 Å². The third kappa shape index (κ3) is 7.04. The summed E-state index contributed by atoms with van der Waals surface area (Å²) >= 11 is 6.83. The van der Waals surface area contributed by atoms with Crippen molar-refractivity contribution in [3.63, 3.8) is 0 Å². The molecule has 2 amide bonds. The van der Waals surface area contributed by atoms with Gasteiger partial charge in [-0.15, -0.1) is 0 Å². The molecule has 0 aromatic heterocycles. The predicted octanol–water partition coefficient (Wildman–Crippen LogP) is 3.31. The van der Waals surface area contributed by atoms with Crippen LogP contribution in [0.25, 0.3) is 0 Å². The number of ether oxygens (including phenoxy) is 1. The van der Waals surface area contributed by atoms with Crippen LogP contribution in [0.5, 0.6) is 5.75 Å². The van der Waals surface area contributed by atoms with Crippen LogP contribution in [0, 0.1) is 5.92 Å². The van der Waals surface area contributed by atoms with Gasteiger partial charge in [-0.05, 0) is 41.1 Å². The first kappa shape index (κ1) is 19.7. The van der Waals surface area contributed by atoms with Crippen molar-refractivity contribution >= 4 is 43.7 Å². The average Bonchev–Trinajstić information content (AvgIpc) is 2.60. The van der Waals surface area contributed by atoms with Crippen LogP contribution in [-0.2, 0) is 9.59 Å². The second-order valence-corrected chi connectivity index (χ2v) is 7.61. The van der Waals surface area contributed by atoms with Gasteiger partial charge in [0.05, 0.1) is 6.54 Å². The Bertz CT molecular complexity index is 684. The molecule has 0 saturated heterocycles. The van der Waals surface area contributed by atoms with Gasteiger partial charge in [0.1, 0.15) is 5.75 Å². The zero-order chi connectivity index (χ0) is 18.2. The number of carbonyl (C=O) groups is 2. The minimum Gasteiger partial charge on any atom is -0.484 e. The van der Waals surface area contributed by atoms with Gasteiger partial charge in [-0.2, -0.15) is 0 Å². The van der Waals surface area contributed by atoms with E-state index >= 15 is 0 Å². The molecule has 0 fully saturated rings. The summed E-state index contributed by atoms with van der Waals surface area (Å²) in [5, 5.41) is 5.35. The number of amides is 2. The van der Waals surface area contributed by atoms with Crippen molar-refractivity contribution in [2.75, 3.05) is 19.7 Å². The van der Waals surface area contributed by atoms with Crippen LogP contribution >= 0.6 is 31.9 Å². The van der Waals surface area contributed by atoms with Crippen molar-refractivity contribution in [2.45, 2.75) is 13.3 Å². The highest BCUT2D eigenvalue weighted by Crippen LogP contribution is 2.28. The lowest BCUT2D eigenvalue weighted by atomic mass is 9.96. The van der Waals surface area contributed by atoms with Gasteiger partial charge in [0.25, 0.3) is 5.91 Å². The molecule has 1 aromatic rings. The van der Waals surface area contributed by atoms with Crippen LogP contribution in [0.1, 0.15) is 13.3 Å². The zero-order valence-corrected chi connectivity index (χ0v) is 17.0. The van der Waals surface area contributed by atoms with Crippen molar-refractivity contribution in [1.82, 2.24) is 10.6 Å². The van der Waals surface area contributed by atoms with Crippen LogP contribution in [0.15, 0.2) is 50.9 Å². The molecule has 5 nitrogen and oxygen atoms in total. The Morgan fingerprint density at radius 2 is 1.84 bits per heavy atom. The second-order valence-electron chi connectivity index (χ2n) is 5.78. The lowest BCUT2D eigenvalue weighted by molar-refractivity contribution is -0.127. The fourth-order valence-corrected chi connectivity index (χ4v) is 2.79. The first-order valence-electron chi connectivity index (χ1n) is 7.91. The number of benzene rings is 1. The Kier molecular flexibility index (Phi) is 7.71. The quantitative estimate of drug-likeness (QED) is 0.641. The van der Waals surface area contributed by atoms with E-state index in [0.29, 0.717) is 18.2 Å². The molecular weight excluding hydrogens is 452 g/mol. The van der Waals surface area contributed by atoms with E-state index in [-0.39, 0.29) is 25.0 Å². The van der Waals surface area contributed by atoms with Gasteiger partial charge < -0.3 is 15.4 Å². The molecule has 0 aliphatic heterocycles. The lowest BCUT2D eigenvalue weighted by Crippen LogP contribution is -2.39. The van der Waals surface area contributed by atoms with Crippen LogP contribution in [0.2, 0.25) is 0 Å². The standard InChI is InChI=1S/C18H20Br2N2O3/c1-12-8-13(2-7-16(12)20)9-21-17(23)10-22-18(24)11-25-15-5-3-14(19)4-6-15/h2-7,12H,8-11H2,1H3,(H,21,23)(H,22,24). The molecule has 1 unspecified atom stereocenters. The number of carbonyl (C=O) groups excluding carboxylic acids is 2. The monoisotopic (exact) mass is 470 g/mol. The van der Waals surface area contributed by atoms with E-state index < -0.39 is 0 Å². The molecule has 1 atom stereocenters.